The number of amides is 1. The van der Waals surface area contributed by atoms with Crippen LogP contribution in [-0.2, 0) is 6.54 Å². The van der Waals surface area contributed by atoms with Crippen LogP contribution in [-0.4, -0.2) is 32.2 Å². The molecule has 1 unspecified atom stereocenters. The Kier molecular flexibility index (Phi) is 8.88. The second-order valence-electron chi connectivity index (χ2n) is 7.63. The van der Waals surface area contributed by atoms with Crippen LogP contribution < -0.4 is 5.32 Å². The van der Waals surface area contributed by atoms with Crippen molar-refractivity contribution in [3.63, 3.8) is 0 Å². The molecule has 3 aromatic rings. The van der Waals surface area contributed by atoms with E-state index in [0.29, 0.717) is 33.7 Å². The fraction of sp³-hybridized carbons (Fsp3) is 0.250. The van der Waals surface area contributed by atoms with E-state index in [1.807, 2.05) is 30.5 Å². The molecule has 3 rings (SSSR count). The van der Waals surface area contributed by atoms with Crippen LogP contribution in [0.5, 0.6) is 0 Å². The molecule has 33 heavy (non-hydrogen) atoms. The van der Waals surface area contributed by atoms with E-state index in [1.54, 1.807) is 42.5 Å². The molecule has 0 aliphatic heterocycles. The lowest BCUT2D eigenvalue weighted by molar-refractivity contribution is 0.0921. The molecular formula is C24H24BrClN4O2S. The van der Waals surface area contributed by atoms with E-state index >= 15 is 0 Å². The molecule has 0 saturated heterocycles. The number of aromatic nitrogens is 3. The smallest absolute Gasteiger partial charge is 0.253 e. The van der Waals surface area contributed by atoms with E-state index < -0.39 is 6.04 Å². The quantitative estimate of drug-likeness (QED) is 0.192. The number of rotatable bonds is 10. The van der Waals surface area contributed by atoms with Gasteiger partial charge in [-0.1, -0.05) is 83.5 Å². The molecule has 1 N–H and O–H groups in total. The standard InChI is InChI=1S/C24H24BrClN4O2S/c1-4-13-30-22(21(15(2)3)27-23(32)18-7-5-6-8-19(18)26)28-29-24(30)33-14-20(31)16-9-11-17(25)12-10-16/h4-12,15,21H,1,13-14H2,2-3H3,(H,27,32). The zero-order valence-corrected chi connectivity index (χ0v) is 21.5. The Labute approximate surface area is 210 Å². The van der Waals surface area contributed by atoms with Crippen molar-refractivity contribution < 1.29 is 9.59 Å². The first-order valence-corrected chi connectivity index (χ1v) is 12.5. The van der Waals surface area contributed by atoms with Crippen molar-refractivity contribution in [2.24, 2.45) is 5.92 Å². The van der Waals surface area contributed by atoms with Crippen molar-refractivity contribution in [2.75, 3.05) is 5.75 Å². The highest BCUT2D eigenvalue weighted by Crippen LogP contribution is 2.27. The summed E-state index contributed by atoms with van der Waals surface area (Å²) in [4.78, 5) is 25.5. The predicted molar refractivity (Wildman–Crippen MR) is 136 cm³/mol. The minimum Gasteiger partial charge on any atom is -0.342 e. The second kappa shape index (κ2) is 11.6. The number of nitrogens with zero attached hydrogens (tertiary/aromatic N) is 3. The van der Waals surface area contributed by atoms with Crippen LogP contribution in [0.15, 0.2) is 70.8 Å². The van der Waals surface area contributed by atoms with Crippen LogP contribution in [0.4, 0.5) is 0 Å². The lowest BCUT2D eigenvalue weighted by atomic mass is 10.0. The summed E-state index contributed by atoms with van der Waals surface area (Å²) in [6, 6.07) is 13.7. The molecule has 0 bridgehead atoms. The molecule has 1 aromatic heterocycles. The highest BCUT2D eigenvalue weighted by Gasteiger charge is 2.27. The van der Waals surface area contributed by atoms with Gasteiger partial charge >= 0.3 is 0 Å². The molecule has 0 radical (unpaired) electrons. The number of halogens is 2. The summed E-state index contributed by atoms with van der Waals surface area (Å²) in [6.45, 7) is 8.27. The van der Waals surface area contributed by atoms with Gasteiger partial charge in [0.2, 0.25) is 0 Å². The zero-order chi connectivity index (χ0) is 24.0. The molecule has 6 nitrogen and oxygen atoms in total. The molecular weight excluding hydrogens is 524 g/mol. The molecule has 1 atom stereocenters. The van der Waals surface area contributed by atoms with Gasteiger partial charge in [-0.3, -0.25) is 9.59 Å². The van der Waals surface area contributed by atoms with E-state index in [9.17, 15) is 9.59 Å². The third kappa shape index (κ3) is 6.34. The van der Waals surface area contributed by atoms with Crippen LogP contribution in [0, 0.1) is 5.92 Å². The van der Waals surface area contributed by atoms with E-state index in [-0.39, 0.29) is 23.4 Å². The van der Waals surface area contributed by atoms with Gasteiger partial charge < -0.3 is 9.88 Å². The summed E-state index contributed by atoms with van der Waals surface area (Å²) < 4.78 is 2.80. The fourth-order valence-corrected chi connectivity index (χ4v) is 4.52. The Morgan fingerprint density at radius 3 is 2.52 bits per heavy atom. The SMILES string of the molecule is C=CCn1c(SCC(=O)c2ccc(Br)cc2)nnc1C(NC(=O)c1ccccc1Cl)C(C)C. The number of carbonyl (C=O) groups is 2. The van der Waals surface area contributed by atoms with Gasteiger partial charge in [-0.2, -0.15) is 0 Å². The van der Waals surface area contributed by atoms with Crippen LogP contribution in [0.3, 0.4) is 0 Å². The van der Waals surface area contributed by atoms with E-state index in [1.165, 1.54) is 11.8 Å². The summed E-state index contributed by atoms with van der Waals surface area (Å²) in [7, 11) is 0. The number of carbonyl (C=O) groups excluding carboxylic acids is 2. The number of thioether (sulfide) groups is 1. The van der Waals surface area contributed by atoms with Gasteiger partial charge in [0.1, 0.15) is 0 Å². The molecule has 9 heteroatoms. The third-order valence-corrected chi connectivity index (χ3v) is 6.73. The predicted octanol–water partition coefficient (Wildman–Crippen LogP) is 5.98. The monoisotopic (exact) mass is 546 g/mol. The molecule has 2 aromatic carbocycles. The molecule has 0 aliphatic carbocycles. The Balaban J connectivity index is 1.81. The van der Waals surface area contributed by atoms with Crippen LogP contribution in [0.1, 0.15) is 46.4 Å². The Morgan fingerprint density at radius 1 is 1.18 bits per heavy atom. The average Bonchev–Trinajstić information content (AvgIpc) is 3.18. The van der Waals surface area contributed by atoms with Crippen molar-refractivity contribution in [3.8, 4) is 0 Å². The van der Waals surface area contributed by atoms with E-state index in [2.05, 4.69) is 38.0 Å². The lowest BCUT2D eigenvalue weighted by Gasteiger charge is -2.22. The van der Waals surface area contributed by atoms with Crippen LogP contribution in [0.2, 0.25) is 5.02 Å². The maximum Gasteiger partial charge on any atom is 0.253 e. The molecule has 1 amide bonds. The lowest BCUT2D eigenvalue weighted by Crippen LogP contribution is -2.34. The van der Waals surface area contributed by atoms with Gasteiger partial charge in [0.25, 0.3) is 5.91 Å². The molecule has 1 heterocycles. The van der Waals surface area contributed by atoms with Gasteiger partial charge in [0.15, 0.2) is 16.8 Å². The van der Waals surface area contributed by atoms with E-state index in [4.69, 9.17) is 11.6 Å². The van der Waals surface area contributed by atoms with Crippen molar-refractivity contribution >= 4 is 51.0 Å². The topological polar surface area (TPSA) is 76.9 Å². The van der Waals surface area contributed by atoms with Gasteiger partial charge in [-0.05, 0) is 30.2 Å². The number of ketones is 1. The minimum atomic E-state index is -0.405. The Bertz CT molecular complexity index is 1150. The molecule has 172 valence electrons. The maximum absolute atomic E-state index is 12.9. The largest absolute Gasteiger partial charge is 0.342 e. The third-order valence-electron chi connectivity index (χ3n) is 4.91. The Hall–Kier alpha value is -2.42. The summed E-state index contributed by atoms with van der Waals surface area (Å²) >= 11 is 10.9. The number of nitrogens with one attached hydrogen (secondary N) is 1. The first-order valence-electron chi connectivity index (χ1n) is 10.3. The molecule has 0 spiro atoms. The number of Topliss-reactive ketones (excluding diaryl/α,β-unsaturated/α-hetero) is 1. The average molecular weight is 548 g/mol. The maximum atomic E-state index is 12.9. The molecule has 0 fully saturated rings. The Morgan fingerprint density at radius 2 is 1.88 bits per heavy atom. The highest BCUT2D eigenvalue weighted by atomic mass is 79.9. The van der Waals surface area contributed by atoms with Gasteiger partial charge in [0, 0.05) is 16.6 Å². The van der Waals surface area contributed by atoms with Gasteiger partial charge in [0.05, 0.1) is 22.4 Å². The molecule has 0 saturated carbocycles. The minimum absolute atomic E-state index is 0.00497. The van der Waals surface area contributed by atoms with Crippen molar-refractivity contribution in [1.29, 1.82) is 0 Å². The van der Waals surface area contributed by atoms with Gasteiger partial charge in [-0.15, -0.1) is 16.8 Å². The van der Waals surface area contributed by atoms with Crippen molar-refractivity contribution in [3.05, 3.63) is 87.6 Å². The number of allylic oxidation sites excluding steroid dienone is 1. The molecule has 0 aliphatic rings. The first-order chi connectivity index (χ1) is 15.8. The number of benzene rings is 2. The number of hydrogen-bond acceptors (Lipinski definition) is 5. The number of hydrogen-bond donors (Lipinski definition) is 1. The summed E-state index contributed by atoms with van der Waals surface area (Å²) in [6.07, 6.45) is 1.74. The summed E-state index contributed by atoms with van der Waals surface area (Å²) in [5, 5.41) is 12.7. The van der Waals surface area contributed by atoms with E-state index in [0.717, 1.165) is 4.47 Å². The summed E-state index contributed by atoms with van der Waals surface area (Å²) in [5.74, 6) is 0.562. The van der Waals surface area contributed by atoms with Crippen LogP contribution in [0.25, 0.3) is 0 Å². The second-order valence-corrected chi connectivity index (χ2v) is 9.90. The van der Waals surface area contributed by atoms with Crippen LogP contribution >= 0.6 is 39.3 Å². The normalized spacial score (nSPS) is 11.9. The van der Waals surface area contributed by atoms with Crippen molar-refractivity contribution in [2.45, 2.75) is 31.6 Å². The summed E-state index contributed by atoms with van der Waals surface area (Å²) in [5.41, 5.74) is 1.03. The first kappa shape index (κ1) is 25.2. The zero-order valence-electron chi connectivity index (χ0n) is 18.3. The van der Waals surface area contributed by atoms with Gasteiger partial charge in [-0.25, -0.2) is 0 Å². The highest BCUT2D eigenvalue weighted by molar-refractivity contribution is 9.10. The van der Waals surface area contributed by atoms with Crippen molar-refractivity contribution in [1.82, 2.24) is 20.1 Å². The fourth-order valence-electron chi connectivity index (χ4n) is 3.18.